The molecule has 2 aromatic carbocycles. The molecule has 1 unspecified atom stereocenters. The van der Waals surface area contributed by atoms with E-state index in [9.17, 15) is 18.8 Å². The van der Waals surface area contributed by atoms with Gasteiger partial charge in [0.2, 0.25) is 16.9 Å². The molecule has 1 aliphatic rings. The summed E-state index contributed by atoms with van der Waals surface area (Å²) in [6.07, 6.45) is 2.66. The quantitative estimate of drug-likeness (QED) is 0.444. The average molecular weight is 457 g/mol. The van der Waals surface area contributed by atoms with Crippen molar-refractivity contribution in [3.8, 4) is 0 Å². The minimum atomic E-state index is -1.00. The highest BCUT2D eigenvalue weighted by molar-refractivity contribution is 7.80. The van der Waals surface area contributed by atoms with Crippen molar-refractivity contribution in [2.24, 2.45) is 0 Å². The number of unbranched alkanes of at least 4 members (excludes halogenated alkanes) is 2. The highest BCUT2D eigenvalue weighted by Crippen LogP contribution is 2.26. The van der Waals surface area contributed by atoms with E-state index in [2.05, 4.69) is 10.7 Å². The maximum absolute atomic E-state index is 13.2. The lowest BCUT2D eigenvalue weighted by Gasteiger charge is -2.24. The third-order valence-corrected chi connectivity index (χ3v) is 5.37. The predicted molar refractivity (Wildman–Crippen MR) is 124 cm³/mol. The second kappa shape index (κ2) is 10.8. The van der Waals surface area contributed by atoms with Crippen molar-refractivity contribution in [1.82, 2.24) is 10.4 Å². The number of carbonyl (C=O) groups is 3. The van der Waals surface area contributed by atoms with Crippen LogP contribution in [-0.2, 0) is 14.4 Å². The first kappa shape index (κ1) is 23.3. The van der Waals surface area contributed by atoms with E-state index in [-0.39, 0.29) is 17.4 Å². The van der Waals surface area contributed by atoms with E-state index in [1.54, 1.807) is 24.3 Å². The molecule has 0 radical (unpaired) electrons. The van der Waals surface area contributed by atoms with Gasteiger partial charge in [0, 0.05) is 12.1 Å². The van der Waals surface area contributed by atoms with Crippen molar-refractivity contribution in [2.45, 2.75) is 45.1 Å². The Balaban J connectivity index is 1.77. The molecule has 1 fully saturated rings. The fourth-order valence-electron chi connectivity index (χ4n) is 3.36. The molecule has 2 aromatic rings. The van der Waals surface area contributed by atoms with Gasteiger partial charge in [-0.2, -0.15) is 0 Å². The maximum Gasteiger partial charge on any atom is 0.258 e. The van der Waals surface area contributed by atoms with Crippen LogP contribution in [-0.4, -0.2) is 33.9 Å². The van der Waals surface area contributed by atoms with Crippen LogP contribution in [0.3, 0.4) is 0 Å². The molecular weight excluding hydrogens is 431 g/mol. The molecule has 2 N–H and O–H groups in total. The van der Waals surface area contributed by atoms with Gasteiger partial charge in [-0.3, -0.25) is 24.7 Å². The third-order valence-electron chi connectivity index (χ3n) is 4.99. The third kappa shape index (κ3) is 5.67. The SMILES string of the molecule is CCCCCC(=O)NN1C(=S)N(c2ccccc2)C(=O)C1CC(=O)Nc1ccc(F)cc1. The topological polar surface area (TPSA) is 81.8 Å². The zero-order valence-electron chi connectivity index (χ0n) is 17.7. The van der Waals surface area contributed by atoms with Crippen molar-refractivity contribution >= 4 is 46.4 Å². The Morgan fingerprint density at radius 3 is 2.38 bits per heavy atom. The normalized spacial score (nSPS) is 15.8. The Morgan fingerprint density at radius 1 is 1.03 bits per heavy atom. The molecule has 1 heterocycles. The Bertz CT molecular complexity index is 984. The molecule has 1 atom stereocenters. The van der Waals surface area contributed by atoms with Crippen LogP contribution >= 0.6 is 12.2 Å². The number of nitrogens with zero attached hydrogens (tertiary/aromatic N) is 2. The van der Waals surface area contributed by atoms with Gasteiger partial charge in [0.25, 0.3) is 5.91 Å². The second-order valence-electron chi connectivity index (χ2n) is 7.43. The number of hydrogen-bond donors (Lipinski definition) is 2. The van der Waals surface area contributed by atoms with Gasteiger partial charge in [-0.1, -0.05) is 38.0 Å². The highest BCUT2D eigenvalue weighted by atomic mass is 32.1. The molecule has 0 bridgehead atoms. The van der Waals surface area contributed by atoms with E-state index < -0.39 is 23.7 Å². The molecule has 1 aliphatic heterocycles. The number of anilines is 2. The largest absolute Gasteiger partial charge is 0.326 e. The van der Waals surface area contributed by atoms with Gasteiger partial charge >= 0.3 is 0 Å². The molecule has 3 amide bonds. The van der Waals surface area contributed by atoms with Crippen molar-refractivity contribution in [3.63, 3.8) is 0 Å². The number of carbonyl (C=O) groups excluding carboxylic acids is 3. The van der Waals surface area contributed by atoms with Gasteiger partial charge in [-0.25, -0.2) is 9.40 Å². The molecule has 32 heavy (non-hydrogen) atoms. The maximum atomic E-state index is 13.2. The van der Waals surface area contributed by atoms with E-state index in [0.717, 1.165) is 19.3 Å². The zero-order chi connectivity index (χ0) is 23.1. The van der Waals surface area contributed by atoms with Gasteiger partial charge in [0.15, 0.2) is 0 Å². The molecule has 0 aliphatic carbocycles. The van der Waals surface area contributed by atoms with Gasteiger partial charge in [-0.05, 0) is 55.0 Å². The smallest absolute Gasteiger partial charge is 0.258 e. The van der Waals surface area contributed by atoms with Gasteiger partial charge in [-0.15, -0.1) is 0 Å². The lowest BCUT2D eigenvalue weighted by molar-refractivity contribution is -0.129. The zero-order valence-corrected chi connectivity index (χ0v) is 18.5. The summed E-state index contributed by atoms with van der Waals surface area (Å²) in [6.45, 7) is 2.04. The summed E-state index contributed by atoms with van der Waals surface area (Å²) in [6, 6.07) is 13.1. The van der Waals surface area contributed by atoms with Crippen molar-refractivity contribution in [3.05, 3.63) is 60.4 Å². The Kier molecular flexibility index (Phi) is 7.88. The summed E-state index contributed by atoms with van der Waals surface area (Å²) in [7, 11) is 0. The predicted octanol–water partition coefficient (Wildman–Crippen LogP) is 3.77. The fraction of sp³-hybridized carbons (Fsp3) is 0.304. The first-order valence-electron chi connectivity index (χ1n) is 10.5. The van der Waals surface area contributed by atoms with Crippen molar-refractivity contribution in [1.29, 1.82) is 0 Å². The summed E-state index contributed by atoms with van der Waals surface area (Å²) in [5.74, 6) is -1.57. The summed E-state index contributed by atoms with van der Waals surface area (Å²) >= 11 is 5.49. The summed E-state index contributed by atoms with van der Waals surface area (Å²) in [5.41, 5.74) is 3.66. The number of para-hydroxylation sites is 1. The van der Waals surface area contributed by atoms with E-state index in [1.165, 1.54) is 34.2 Å². The molecule has 168 valence electrons. The number of hydrazine groups is 1. The number of halogens is 1. The van der Waals surface area contributed by atoms with Crippen molar-refractivity contribution in [2.75, 3.05) is 10.2 Å². The molecule has 1 saturated heterocycles. The van der Waals surface area contributed by atoms with Gasteiger partial charge in [0.05, 0.1) is 12.1 Å². The molecule has 9 heteroatoms. The highest BCUT2D eigenvalue weighted by Gasteiger charge is 2.45. The number of hydrogen-bond acceptors (Lipinski definition) is 4. The van der Waals surface area contributed by atoms with Crippen LogP contribution in [0.1, 0.15) is 39.0 Å². The number of nitrogens with one attached hydrogen (secondary N) is 2. The first-order chi connectivity index (χ1) is 15.4. The lowest BCUT2D eigenvalue weighted by Crippen LogP contribution is -2.49. The Labute approximate surface area is 191 Å². The minimum Gasteiger partial charge on any atom is -0.326 e. The summed E-state index contributed by atoms with van der Waals surface area (Å²) < 4.78 is 13.1. The summed E-state index contributed by atoms with van der Waals surface area (Å²) in [5, 5.41) is 4.04. The molecular formula is C23H25FN4O3S. The molecule has 7 nitrogen and oxygen atoms in total. The van der Waals surface area contributed by atoms with E-state index in [1.807, 2.05) is 13.0 Å². The van der Waals surface area contributed by atoms with E-state index in [4.69, 9.17) is 12.2 Å². The standard InChI is InChI=1S/C23H25FN4O3S/c1-2-3-5-10-20(29)26-28-19(15-21(30)25-17-13-11-16(24)12-14-17)22(31)27(23(28)32)18-8-6-4-7-9-18/h4,6-9,11-14,19H,2-3,5,10,15H2,1H3,(H,25,30)(H,26,29). The minimum absolute atomic E-state index is 0.102. The molecule has 3 rings (SSSR count). The first-order valence-corrected chi connectivity index (χ1v) is 10.9. The number of amides is 3. The Morgan fingerprint density at radius 2 is 1.72 bits per heavy atom. The molecule has 0 saturated carbocycles. The van der Waals surface area contributed by atoms with Gasteiger partial charge < -0.3 is 5.32 Å². The van der Waals surface area contributed by atoms with Crippen LogP contribution in [0, 0.1) is 5.82 Å². The van der Waals surface area contributed by atoms with Crippen LogP contribution in [0.15, 0.2) is 54.6 Å². The molecule has 0 aromatic heterocycles. The van der Waals surface area contributed by atoms with Crippen LogP contribution in [0.5, 0.6) is 0 Å². The second-order valence-corrected chi connectivity index (χ2v) is 7.79. The number of thiocarbonyl (C=S) groups is 1. The lowest BCUT2D eigenvalue weighted by atomic mass is 10.1. The van der Waals surface area contributed by atoms with Crippen LogP contribution in [0.25, 0.3) is 0 Å². The van der Waals surface area contributed by atoms with E-state index in [0.29, 0.717) is 17.8 Å². The van der Waals surface area contributed by atoms with Crippen LogP contribution < -0.4 is 15.6 Å². The number of benzene rings is 2. The monoisotopic (exact) mass is 456 g/mol. The van der Waals surface area contributed by atoms with Crippen LogP contribution in [0.4, 0.5) is 15.8 Å². The van der Waals surface area contributed by atoms with Crippen molar-refractivity contribution < 1.29 is 18.8 Å². The number of rotatable bonds is 9. The van der Waals surface area contributed by atoms with E-state index >= 15 is 0 Å². The molecule has 0 spiro atoms. The summed E-state index contributed by atoms with van der Waals surface area (Å²) in [4.78, 5) is 39.6. The fourth-order valence-corrected chi connectivity index (χ4v) is 3.73. The average Bonchev–Trinajstić information content (AvgIpc) is 3.00. The van der Waals surface area contributed by atoms with Gasteiger partial charge in [0.1, 0.15) is 11.9 Å². The van der Waals surface area contributed by atoms with Crippen LogP contribution in [0.2, 0.25) is 0 Å². The Hall–Kier alpha value is -3.33.